The molecule has 2 unspecified atom stereocenters. The number of nitrogens with one attached hydrogen (secondary N) is 1. The molecule has 0 aliphatic heterocycles. The lowest BCUT2D eigenvalue weighted by molar-refractivity contribution is -0.124. The summed E-state index contributed by atoms with van der Waals surface area (Å²) >= 11 is 5.60. The fourth-order valence-electron chi connectivity index (χ4n) is 2.33. The number of carbonyl (C=O) groups excluding carboxylic acids is 1. The van der Waals surface area contributed by atoms with Gasteiger partial charge in [-0.25, -0.2) is 4.39 Å². The lowest BCUT2D eigenvalue weighted by atomic mass is 10.1. The number of aryl methyl sites for hydroxylation is 2. The summed E-state index contributed by atoms with van der Waals surface area (Å²) in [5, 5.41) is 16.9. The molecule has 0 spiro atoms. The number of halogens is 2. The number of hydrogen-bond donors (Lipinski definition) is 2. The van der Waals surface area contributed by atoms with Crippen molar-refractivity contribution < 1.29 is 14.3 Å². The van der Waals surface area contributed by atoms with Crippen LogP contribution in [0.25, 0.3) is 0 Å². The standard InChI is InChI=1S/C16H19ClFN3O2/c1-9-6-10(2)21(20-9)11(3)16(23)19-8-15(22)12-4-5-13(17)14(18)7-12/h4-7,11,15,22H,8H2,1-3H3,(H,19,23). The molecular formula is C16H19ClFN3O2. The van der Waals surface area contributed by atoms with Gasteiger partial charge in [0.25, 0.3) is 0 Å². The van der Waals surface area contributed by atoms with E-state index in [1.807, 2.05) is 19.9 Å². The zero-order valence-electron chi connectivity index (χ0n) is 13.2. The molecule has 5 nitrogen and oxygen atoms in total. The Morgan fingerprint density at radius 1 is 1.43 bits per heavy atom. The Morgan fingerprint density at radius 2 is 2.13 bits per heavy atom. The van der Waals surface area contributed by atoms with Crippen molar-refractivity contribution in [3.05, 3.63) is 52.1 Å². The van der Waals surface area contributed by atoms with Crippen LogP contribution < -0.4 is 5.32 Å². The van der Waals surface area contributed by atoms with Gasteiger partial charge in [0, 0.05) is 12.2 Å². The van der Waals surface area contributed by atoms with E-state index < -0.39 is 18.0 Å². The zero-order valence-corrected chi connectivity index (χ0v) is 13.9. The molecular weight excluding hydrogens is 321 g/mol. The van der Waals surface area contributed by atoms with E-state index in [0.717, 1.165) is 17.5 Å². The average molecular weight is 340 g/mol. The highest BCUT2D eigenvalue weighted by Gasteiger charge is 2.19. The average Bonchev–Trinajstić information content (AvgIpc) is 2.85. The van der Waals surface area contributed by atoms with Crippen molar-refractivity contribution >= 4 is 17.5 Å². The van der Waals surface area contributed by atoms with Gasteiger partial charge in [-0.1, -0.05) is 17.7 Å². The maximum absolute atomic E-state index is 13.4. The molecule has 0 radical (unpaired) electrons. The minimum atomic E-state index is -1.02. The summed E-state index contributed by atoms with van der Waals surface area (Å²) in [6.07, 6.45) is -1.02. The number of aliphatic hydroxyl groups is 1. The highest BCUT2D eigenvalue weighted by molar-refractivity contribution is 6.30. The first-order valence-electron chi connectivity index (χ1n) is 7.23. The van der Waals surface area contributed by atoms with Gasteiger partial charge in [0.15, 0.2) is 0 Å². The summed E-state index contributed by atoms with van der Waals surface area (Å²) in [5.41, 5.74) is 2.07. The molecule has 124 valence electrons. The molecule has 2 atom stereocenters. The Kier molecular flexibility index (Phi) is 5.38. The SMILES string of the molecule is Cc1cc(C)n(C(C)C(=O)NCC(O)c2ccc(Cl)c(F)c2)n1. The van der Waals surface area contributed by atoms with Crippen molar-refractivity contribution in [2.45, 2.75) is 32.9 Å². The van der Waals surface area contributed by atoms with Gasteiger partial charge in [0.1, 0.15) is 11.9 Å². The minimum Gasteiger partial charge on any atom is -0.387 e. The van der Waals surface area contributed by atoms with Crippen LogP contribution in [0.3, 0.4) is 0 Å². The molecule has 0 saturated heterocycles. The maximum atomic E-state index is 13.4. The third-order valence-electron chi connectivity index (χ3n) is 3.59. The number of carbonyl (C=O) groups is 1. The van der Waals surface area contributed by atoms with Gasteiger partial charge in [-0.3, -0.25) is 9.48 Å². The van der Waals surface area contributed by atoms with E-state index in [0.29, 0.717) is 5.56 Å². The van der Waals surface area contributed by atoms with E-state index in [9.17, 15) is 14.3 Å². The summed E-state index contributed by atoms with van der Waals surface area (Å²) in [7, 11) is 0. The molecule has 23 heavy (non-hydrogen) atoms. The summed E-state index contributed by atoms with van der Waals surface area (Å²) in [4.78, 5) is 12.2. The van der Waals surface area contributed by atoms with Crippen LogP contribution in [0.1, 0.15) is 36.0 Å². The number of aliphatic hydroxyl groups excluding tert-OH is 1. The largest absolute Gasteiger partial charge is 0.387 e. The number of rotatable bonds is 5. The van der Waals surface area contributed by atoms with Gasteiger partial charge in [0.05, 0.1) is 16.8 Å². The lowest BCUT2D eigenvalue weighted by Gasteiger charge is -2.17. The maximum Gasteiger partial charge on any atom is 0.244 e. The Bertz CT molecular complexity index is 717. The first-order chi connectivity index (χ1) is 10.8. The molecule has 1 aromatic heterocycles. The fraction of sp³-hybridized carbons (Fsp3) is 0.375. The first-order valence-corrected chi connectivity index (χ1v) is 7.61. The topological polar surface area (TPSA) is 67.2 Å². The summed E-state index contributed by atoms with van der Waals surface area (Å²) in [6, 6.07) is 5.43. The number of amides is 1. The lowest BCUT2D eigenvalue weighted by Crippen LogP contribution is -2.34. The second-order valence-corrected chi connectivity index (χ2v) is 5.89. The van der Waals surface area contributed by atoms with Gasteiger partial charge in [-0.05, 0) is 44.5 Å². The molecule has 2 N–H and O–H groups in total. The minimum absolute atomic E-state index is 0.0110. The van der Waals surface area contributed by atoms with E-state index in [-0.39, 0.29) is 17.5 Å². The van der Waals surface area contributed by atoms with Crippen molar-refractivity contribution in [3.8, 4) is 0 Å². The smallest absolute Gasteiger partial charge is 0.244 e. The molecule has 0 saturated carbocycles. The van der Waals surface area contributed by atoms with Crippen molar-refractivity contribution in [1.29, 1.82) is 0 Å². The molecule has 0 fully saturated rings. The van der Waals surface area contributed by atoms with Crippen LogP contribution in [0.15, 0.2) is 24.3 Å². The molecule has 1 amide bonds. The van der Waals surface area contributed by atoms with E-state index in [1.54, 1.807) is 11.6 Å². The van der Waals surface area contributed by atoms with Gasteiger partial charge < -0.3 is 10.4 Å². The second kappa shape index (κ2) is 7.10. The van der Waals surface area contributed by atoms with Crippen LogP contribution in [0.5, 0.6) is 0 Å². The number of nitrogens with zero attached hydrogens (tertiary/aromatic N) is 2. The van der Waals surface area contributed by atoms with Crippen molar-refractivity contribution in [2.75, 3.05) is 6.54 Å². The zero-order chi connectivity index (χ0) is 17.1. The van der Waals surface area contributed by atoms with Gasteiger partial charge >= 0.3 is 0 Å². The van der Waals surface area contributed by atoms with Crippen LogP contribution in [0.2, 0.25) is 5.02 Å². The summed E-state index contributed by atoms with van der Waals surface area (Å²) in [6.45, 7) is 5.43. The number of benzene rings is 1. The number of aromatic nitrogens is 2. The highest BCUT2D eigenvalue weighted by atomic mass is 35.5. The monoisotopic (exact) mass is 339 g/mol. The van der Waals surface area contributed by atoms with Crippen molar-refractivity contribution in [1.82, 2.24) is 15.1 Å². The van der Waals surface area contributed by atoms with E-state index in [1.165, 1.54) is 12.1 Å². The molecule has 1 aromatic carbocycles. The van der Waals surface area contributed by atoms with Gasteiger partial charge in [-0.15, -0.1) is 0 Å². The van der Waals surface area contributed by atoms with Crippen molar-refractivity contribution in [3.63, 3.8) is 0 Å². The number of hydrogen-bond acceptors (Lipinski definition) is 3. The quantitative estimate of drug-likeness (QED) is 0.880. The summed E-state index contributed by atoms with van der Waals surface area (Å²) < 4.78 is 15.0. The Labute approximate surface area is 139 Å². The van der Waals surface area contributed by atoms with Crippen LogP contribution in [-0.2, 0) is 4.79 Å². The first kappa shape index (κ1) is 17.4. The van der Waals surface area contributed by atoms with Crippen LogP contribution in [0, 0.1) is 19.7 Å². The van der Waals surface area contributed by atoms with E-state index in [2.05, 4.69) is 10.4 Å². The molecule has 0 bridgehead atoms. The summed E-state index contributed by atoms with van der Waals surface area (Å²) in [5.74, 6) is -0.879. The molecule has 2 rings (SSSR count). The van der Waals surface area contributed by atoms with E-state index in [4.69, 9.17) is 11.6 Å². The predicted molar refractivity (Wildman–Crippen MR) is 85.8 cm³/mol. The predicted octanol–water partition coefficient (Wildman–Crippen LogP) is 2.70. The Morgan fingerprint density at radius 3 is 2.70 bits per heavy atom. The van der Waals surface area contributed by atoms with Gasteiger partial charge in [-0.2, -0.15) is 5.10 Å². The molecule has 0 aliphatic carbocycles. The molecule has 1 heterocycles. The van der Waals surface area contributed by atoms with Crippen molar-refractivity contribution in [2.24, 2.45) is 0 Å². The molecule has 2 aromatic rings. The third-order valence-corrected chi connectivity index (χ3v) is 3.90. The van der Waals surface area contributed by atoms with E-state index >= 15 is 0 Å². The van der Waals surface area contributed by atoms with Crippen LogP contribution in [0.4, 0.5) is 4.39 Å². The van der Waals surface area contributed by atoms with Crippen LogP contribution in [-0.4, -0.2) is 27.3 Å². The Hall–Kier alpha value is -1.92. The Balaban J connectivity index is 1.98. The van der Waals surface area contributed by atoms with Crippen LogP contribution >= 0.6 is 11.6 Å². The highest BCUT2D eigenvalue weighted by Crippen LogP contribution is 2.20. The third kappa shape index (κ3) is 4.09. The normalized spacial score (nSPS) is 13.7. The molecule has 0 aliphatic rings. The fourth-order valence-corrected chi connectivity index (χ4v) is 2.45. The van der Waals surface area contributed by atoms with Gasteiger partial charge in [0.2, 0.25) is 5.91 Å². The molecule has 7 heteroatoms. The second-order valence-electron chi connectivity index (χ2n) is 5.48.